The molecular formula is C25H35N4O4S+. The zero-order chi connectivity index (χ0) is 24.4. The molecule has 0 bridgehead atoms. The minimum absolute atomic E-state index is 0.0608. The highest BCUT2D eigenvalue weighted by Gasteiger charge is 2.34. The predicted octanol–water partition coefficient (Wildman–Crippen LogP) is 2.42. The minimum Gasteiger partial charge on any atom is -0.395 e. The molecule has 0 unspecified atom stereocenters. The van der Waals surface area contributed by atoms with Crippen molar-refractivity contribution in [3.8, 4) is 0 Å². The Labute approximate surface area is 204 Å². The van der Waals surface area contributed by atoms with E-state index in [1.54, 1.807) is 0 Å². The van der Waals surface area contributed by atoms with Crippen molar-refractivity contribution in [3.05, 3.63) is 51.7 Å². The first kappa shape index (κ1) is 25.9. The summed E-state index contributed by atoms with van der Waals surface area (Å²) in [5, 5.41) is 19.4. The maximum atomic E-state index is 13.2. The summed E-state index contributed by atoms with van der Waals surface area (Å²) < 4.78 is 0.418. The topological polar surface area (TPSA) is 108 Å². The summed E-state index contributed by atoms with van der Waals surface area (Å²) in [7, 11) is 0. The third-order valence-corrected chi connectivity index (χ3v) is 7.25. The highest BCUT2D eigenvalue weighted by Crippen LogP contribution is 2.28. The van der Waals surface area contributed by atoms with Crippen LogP contribution in [0.4, 0.5) is 5.69 Å². The minimum atomic E-state index is -0.318. The summed E-state index contributed by atoms with van der Waals surface area (Å²) in [4.78, 5) is 38.9. The summed E-state index contributed by atoms with van der Waals surface area (Å²) in [5.41, 5.74) is 2.36. The second kappa shape index (κ2) is 12.6. The van der Waals surface area contributed by atoms with Crippen molar-refractivity contribution in [2.45, 2.75) is 39.2 Å². The van der Waals surface area contributed by atoms with Crippen molar-refractivity contribution >= 4 is 34.7 Å². The lowest BCUT2D eigenvalue weighted by Crippen LogP contribution is -2.57. The van der Waals surface area contributed by atoms with Crippen molar-refractivity contribution < 1.29 is 24.0 Å². The number of hydrogen-bond donors (Lipinski definition) is 4. The van der Waals surface area contributed by atoms with Crippen molar-refractivity contribution in [1.82, 2.24) is 10.6 Å². The van der Waals surface area contributed by atoms with Crippen LogP contribution < -0.4 is 16.0 Å². The number of carbonyl (C=O) groups excluding carboxylic acids is 3. The number of quaternary nitrogens is 1. The molecule has 1 fully saturated rings. The first-order chi connectivity index (χ1) is 16.4. The molecule has 1 aliphatic rings. The summed E-state index contributed by atoms with van der Waals surface area (Å²) in [5.74, 6) is -0.578. The molecule has 0 spiro atoms. The van der Waals surface area contributed by atoms with E-state index in [0.29, 0.717) is 21.6 Å². The molecule has 4 N–H and O–H groups in total. The monoisotopic (exact) mass is 487 g/mol. The van der Waals surface area contributed by atoms with Gasteiger partial charge in [-0.15, -0.1) is 11.3 Å². The number of carbonyl (C=O) groups is 3. The predicted molar refractivity (Wildman–Crippen MR) is 134 cm³/mol. The number of hydrogen-bond acceptors (Lipinski definition) is 5. The number of nitrogens with zero attached hydrogens (tertiary/aromatic N) is 1. The SMILES string of the molecule is Cc1csc(C(=O)NCCO)c1NC(=O)C[N+]1(CC(=O)NCc2ccccc2)CCCCCC1. The Balaban J connectivity index is 1.67. The molecule has 1 aromatic heterocycles. The third-order valence-electron chi connectivity index (χ3n) is 6.15. The number of thiophene rings is 1. The number of aryl methyl sites for hydroxylation is 1. The number of rotatable bonds is 10. The van der Waals surface area contributed by atoms with Gasteiger partial charge in [-0.3, -0.25) is 14.4 Å². The molecule has 9 heteroatoms. The molecule has 34 heavy (non-hydrogen) atoms. The van der Waals surface area contributed by atoms with E-state index in [1.807, 2.05) is 42.6 Å². The molecule has 3 amide bonds. The fourth-order valence-corrected chi connectivity index (χ4v) is 5.31. The summed E-state index contributed by atoms with van der Waals surface area (Å²) in [6.45, 7) is 4.32. The molecule has 2 aromatic rings. The normalized spacial score (nSPS) is 15.2. The molecule has 0 aliphatic carbocycles. The Bertz CT molecular complexity index is 969. The molecule has 2 heterocycles. The van der Waals surface area contributed by atoms with E-state index in [1.165, 1.54) is 11.3 Å². The van der Waals surface area contributed by atoms with Gasteiger partial charge in [0, 0.05) is 13.1 Å². The van der Waals surface area contributed by atoms with Crippen LogP contribution in [0.25, 0.3) is 0 Å². The zero-order valence-corrected chi connectivity index (χ0v) is 20.6. The van der Waals surface area contributed by atoms with E-state index >= 15 is 0 Å². The van der Waals surface area contributed by atoms with Gasteiger partial charge >= 0.3 is 0 Å². The number of anilines is 1. The second-order valence-corrected chi connectivity index (χ2v) is 9.81. The van der Waals surface area contributed by atoms with Crippen LogP contribution >= 0.6 is 11.3 Å². The van der Waals surface area contributed by atoms with Gasteiger partial charge < -0.3 is 25.5 Å². The second-order valence-electron chi connectivity index (χ2n) is 8.93. The van der Waals surface area contributed by atoms with Crippen LogP contribution in [0, 0.1) is 6.92 Å². The van der Waals surface area contributed by atoms with Gasteiger partial charge in [0.2, 0.25) is 0 Å². The van der Waals surface area contributed by atoms with E-state index in [4.69, 9.17) is 5.11 Å². The summed E-state index contributed by atoms with van der Waals surface area (Å²) >= 11 is 1.26. The Hall–Kier alpha value is -2.75. The van der Waals surface area contributed by atoms with E-state index in [9.17, 15) is 14.4 Å². The van der Waals surface area contributed by atoms with Crippen molar-refractivity contribution in [2.75, 3.05) is 44.6 Å². The molecular weight excluding hydrogens is 452 g/mol. The molecule has 1 aliphatic heterocycles. The van der Waals surface area contributed by atoms with Crippen molar-refractivity contribution in [2.24, 2.45) is 0 Å². The number of aliphatic hydroxyl groups excluding tert-OH is 1. The Morgan fingerprint density at radius 3 is 2.32 bits per heavy atom. The van der Waals surface area contributed by atoms with Crippen molar-refractivity contribution in [3.63, 3.8) is 0 Å². The largest absolute Gasteiger partial charge is 0.395 e. The summed E-state index contributed by atoms with van der Waals surface area (Å²) in [6, 6.07) is 9.78. The van der Waals surface area contributed by atoms with Gasteiger partial charge in [-0.25, -0.2) is 0 Å². The molecule has 0 saturated carbocycles. The molecule has 0 radical (unpaired) electrons. The standard InChI is InChI=1S/C25H34N4O4S/c1-19-18-34-24(25(33)26-11-14-30)23(19)28-22(32)17-29(12-7-2-3-8-13-29)16-21(31)27-15-20-9-5-4-6-10-20/h4-6,9-10,18,30H,2-3,7-8,11-17H2,1H3,(H2-,26,27,28,31,32,33)/p+1. The Kier molecular flexibility index (Phi) is 9.62. The molecule has 3 rings (SSSR count). The first-order valence-electron chi connectivity index (χ1n) is 11.9. The molecule has 1 aromatic carbocycles. The van der Waals surface area contributed by atoms with Crippen LogP contribution in [0.3, 0.4) is 0 Å². The summed E-state index contributed by atoms with van der Waals surface area (Å²) in [6.07, 6.45) is 4.16. The van der Waals surface area contributed by atoms with Gasteiger partial charge in [0.1, 0.15) is 4.88 Å². The van der Waals surface area contributed by atoms with Crippen LogP contribution in [0.15, 0.2) is 35.7 Å². The Morgan fingerprint density at radius 2 is 1.65 bits per heavy atom. The van der Waals surface area contributed by atoms with Gasteiger partial charge in [0.15, 0.2) is 13.1 Å². The third kappa shape index (κ3) is 7.38. The van der Waals surface area contributed by atoms with E-state index in [-0.39, 0.29) is 44.0 Å². The average Bonchev–Trinajstić information content (AvgIpc) is 3.03. The number of amides is 3. The lowest BCUT2D eigenvalue weighted by molar-refractivity contribution is -0.912. The molecule has 184 valence electrons. The van der Waals surface area contributed by atoms with Gasteiger partial charge in [0.05, 0.1) is 25.4 Å². The van der Waals surface area contributed by atoms with Gasteiger partial charge in [0.25, 0.3) is 17.7 Å². The van der Waals surface area contributed by atoms with E-state index in [0.717, 1.165) is 49.9 Å². The smallest absolute Gasteiger partial charge is 0.279 e. The van der Waals surface area contributed by atoms with E-state index < -0.39 is 0 Å². The van der Waals surface area contributed by atoms with Gasteiger partial charge in [-0.2, -0.15) is 0 Å². The van der Waals surface area contributed by atoms with Crippen LogP contribution in [0.1, 0.15) is 46.5 Å². The fourth-order valence-electron chi connectivity index (χ4n) is 4.39. The Morgan fingerprint density at radius 1 is 0.971 bits per heavy atom. The quantitative estimate of drug-likeness (QED) is 0.386. The van der Waals surface area contributed by atoms with Gasteiger partial charge in [-0.1, -0.05) is 30.3 Å². The lowest BCUT2D eigenvalue weighted by Gasteiger charge is -2.36. The molecule has 8 nitrogen and oxygen atoms in total. The van der Waals surface area contributed by atoms with Crippen LogP contribution in [0.2, 0.25) is 0 Å². The number of nitrogens with one attached hydrogen (secondary N) is 3. The van der Waals surface area contributed by atoms with Crippen LogP contribution in [0.5, 0.6) is 0 Å². The highest BCUT2D eigenvalue weighted by molar-refractivity contribution is 7.13. The number of aliphatic hydroxyl groups is 1. The van der Waals surface area contributed by atoms with Crippen LogP contribution in [-0.2, 0) is 16.1 Å². The lowest BCUT2D eigenvalue weighted by atomic mass is 10.2. The first-order valence-corrected chi connectivity index (χ1v) is 12.7. The number of likely N-dealkylation sites (tertiary alicyclic amines) is 1. The van der Waals surface area contributed by atoms with Gasteiger partial charge in [-0.05, 0) is 49.1 Å². The maximum absolute atomic E-state index is 13.2. The maximum Gasteiger partial charge on any atom is 0.279 e. The van der Waals surface area contributed by atoms with Crippen LogP contribution in [-0.4, -0.2) is 66.6 Å². The number of benzene rings is 1. The molecule has 0 atom stereocenters. The zero-order valence-electron chi connectivity index (χ0n) is 19.8. The molecule has 1 saturated heterocycles. The average molecular weight is 488 g/mol. The fraction of sp³-hybridized carbons (Fsp3) is 0.480. The van der Waals surface area contributed by atoms with E-state index in [2.05, 4.69) is 16.0 Å². The highest BCUT2D eigenvalue weighted by atomic mass is 32.1. The van der Waals surface area contributed by atoms with Crippen molar-refractivity contribution in [1.29, 1.82) is 0 Å².